The number of carbonyl (C=O) groups is 2. The minimum Gasteiger partial charge on any atom is -0.483 e. The Morgan fingerprint density at radius 1 is 1.23 bits per heavy atom. The topological polar surface area (TPSA) is 75.6 Å². The second-order valence-electron chi connectivity index (χ2n) is 5.64. The van der Waals surface area contributed by atoms with Gasteiger partial charge in [-0.3, -0.25) is 9.59 Å². The van der Waals surface area contributed by atoms with Crippen LogP contribution in [-0.2, 0) is 9.59 Å². The lowest BCUT2D eigenvalue weighted by atomic mass is 10.0. The Labute approximate surface area is 131 Å². The number of amides is 1. The molecule has 0 heterocycles. The highest BCUT2D eigenvalue weighted by molar-refractivity contribution is 5.78. The maximum absolute atomic E-state index is 11.8. The predicted molar refractivity (Wildman–Crippen MR) is 85.2 cm³/mol. The van der Waals surface area contributed by atoms with E-state index >= 15 is 0 Å². The highest BCUT2D eigenvalue weighted by Gasteiger charge is 2.17. The molecule has 1 rings (SSSR count). The van der Waals surface area contributed by atoms with E-state index in [9.17, 15) is 9.59 Å². The number of aliphatic carboxylic acids is 1. The van der Waals surface area contributed by atoms with E-state index in [4.69, 9.17) is 9.84 Å². The van der Waals surface area contributed by atoms with Crippen LogP contribution in [0.25, 0.3) is 0 Å². The zero-order valence-electron chi connectivity index (χ0n) is 13.7. The molecule has 0 fully saturated rings. The summed E-state index contributed by atoms with van der Waals surface area (Å²) in [7, 11) is 0. The highest BCUT2D eigenvalue weighted by atomic mass is 16.5. The van der Waals surface area contributed by atoms with Gasteiger partial charge in [0.2, 0.25) is 0 Å². The van der Waals surface area contributed by atoms with Crippen molar-refractivity contribution in [2.45, 2.75) is 40.5 Å². The summed E-state index contributed by atoms with van der Waals surface area (Å²) < 4.78 is 5.58. The Bertz CT molecular complexity index is 516. The summed E-state index contributed by atoms with van der Waals surface area (Å²) in [6, 6.07) is 4.00. The molecule has 2 N–H and O–H groups in total. The maximum atomic E-state index is 11.8. The van der Waals surface area contributed by atoms with Crippen LogP contribution in [0, 0.1) is 26.7 Å². The molecule has 122 valence electrons. The third-order valence-electron chi connectivity index (χ3n) is 3.48. The summed E-state index contributed by atoms with van der Waals surface area (Å²) in [4.78, 5) is 22.8. The van der Waals surface area contributed by atoms with Gasteiger partial charge in [-0.2, -0.15) is 0 Å². The molecule has 5 heteroatoms. The molecular weight excluding hydrogens is 282 g/mol. The van der Waals surface area contributed by atoms with E-state index in [1.165, 1.54) is 0 Å². The predicted octanol–water partition coefficient (Wildman–Crippen LogP) is 2.61. The van der Waals surface area contributed by atoms with E-state index in [-0.39, 0.29) is 19.1 Å². The number of carboxylic acids is 1. The summed E-state index contributed by atoms with van der Waals surface area (Å²) in [5.74, 6) is -1.02. The van der Waals surface area contributed by atoms with Crippen molar-refractivity contribution < 1.29 is 19.4 Å². The second-order valence-corrected chi connectivity index (χ2v) is 5.64. The van der Waals surface area contributed by atoms with E-state index in [2.05, 4.69) is 5.32 Å². The van der Waals surface area contributed by atoms with Crippen LogP contribution < -0.4 is 10.1 Å². The molecule has 1 atom stereocenters. The zero-order chi connectivity index (χ0) is 16.7. The van der Waals surface area contributed by atoms with Crippen LogP contribution in [-0.4, -0.2) is 30.1 Å². The molecule has 0 aromatic heterocycles. The molecule has 5 nitrogen and oxygen atoms in total. The van der Waals surface area contributed by atoms with E-state index in [1.807, 2.05) is 39.8 Å². The van der Waals surface area contributed by atoms with Gasteiger partial charge in [0.1, 0.15) is 5.75 Å². The lowest BCUT2D eigenvalue weighted by Crippen LogP contribution is -2.35. The molecule has 1 aromatic rings. The third-order valence-corrected chi connectivity index (χ3v) is 3.48. The van der Waals surface area contributed by atoms with Gasteiger partial charge in [-0.25, -0.2) is 0 Å². The van der Waals surface area contributed by atoms with Crippen molar-refractivity contribution in [2.75, 3.05) is 13.2 Å². The van der Waals surface area contributed by atoms with E-state index in [1.54, 1.807) is 0 Å². The number of aryl methyl sites for hydroxylation is 3. The van der Waals surface area contributed by atoms with Crippen LogP contribution in [0.15, 0.2) is 12.1 Å². The molecule has 1 aromatic carbocycles. The lowest BCUT2D eigenvalue weighted by molar-refractivity contribution is -0.142. The van der Waals surface area contributed by atoms with Crippen molar-refractivity contribution in [2.24, 2.45) is 5.92 Å². The SMILES string of the molecule is CCCC(CNC(=O)COc1c(C)cc(C)cc1C)C(=O)O. The smallest absolute Gasteiger partial charge is 0.308 e. The molecule has 0 bridgehead atoms. The lowest BCUT2D eigenvalue weighted by Gasteiger charge is -2.15. The van der Waals surface area contributed by atoms with E-state index in [0.29, 0.717) is 12.2 Å². The molecule has 1 unspecified atom stereocenters. The van der Waals surface area contributed by atoms with Gasteiger partial charge in [-0.15, -0.1) is 0 Å². The van der Waals surface area contributed by atoms with Gasteiger partial charge < -0.3 is 15.2 Å². The normalized spacial score (nSPS) is 11.8. The van der Waals surface area contributed by atoms with Crippen molar-refractivity contribution in [3.8, 4) is 5.75 Å². The van der Waals surface area contributed by atoms with E-state index < -0.39 is 11.9 Å². The van der Waals surface area contributed by atoms with Gasteiger partial charge in [0.05, 0.1) is 5.92 Å². The molecule has 0 saturated carbocycles. The van der Waals surface area contributed by atoms with Gasteiger partial charge in [0.15, 0.2) is 6.61 Å². The quantitative estimate of drug-likeness (QED) is 0.774. The van der Waals surface area contributed by atoms with Crippen LogP contribution >= 0.6 is 0 Å². The summed E-state index contributed by atoms with van der Waals surface area (Å²) in [5.41, 5.74) is 3.12. The summed E-state index contributed by atoms with van der Waals surface area (Å²) >= 11 is 0. The maximum Gasteiger partial charge on any atom is 0.308 e. The first-order valence-electron chi connectivity index (χ1n) is 7.55. The van der Waals surface area contributed by atoms with E-state index in [0.717, 1.165) is 23.1 Å². The minimum absolute atomic E-state index is 0.108. The first-order valence-corrected chi connectivity index (χ1v) is 7.55. The zero-order valence-corrected chi connectivity index (χ0v) is 13.7. The summed E-state index contributed by atoms with van der Waals surface area (Å²) in [5, 5.41) is 11.7. The monoisotopic (exact) mass is 307 g/mol. The van der Waals surface area contributed by atoms with Crippen molar-refractivity contribution >= 4 is 11.9 Å². The number of benzene rings is 1. The van der Waals surface area contributed by atoms with Crippen LogP contribution in [0.2, 0.25) is 0 Å². The van der Waals surface area contributed by atoms with Crippen molar-refractivity contribution in [3.63, 3.8) is 0 Å². The fraction of sp³-hybridized carbons (Fsp3) is 0.529. The number of ether oxygens (including phenoxy) is 1. The van der Waals surface area contributed by atoms with Gasteiger partial charge in [0.25, 0.3) is 5.91 Å². The van der Waals surface area contributed by atoms with Crippen LogP contribution in [0.4, 0.5) is 0 Å². The molecule has 0 spiro atoms. The van der Waals surface area contributed by atoms with Gasteiger partial charge in [-0.05, 0) is 38.3 Å². The van der Waals surface area contributed by atoms with Gasteiger partial charge >= 0.3 is 5.97 Å². The van der Waals surface area contributed by atoms with Gasteiger partial charge in [-0.1, -0.05) is 31.0 Å². The first-order chi connectivity index (χ1) is 10.3. The van der Waals surface area contributed by atoms with Crippen LogP contribution in [0.3, 0.4) is 0 Å². The summed E-state index contributed by atoms with van der Waals surface area (Å²) in [6.07, 6.45) is 1.32. The highest BCUT2D eigenvalue weighted by Crippen LogP contribution is 2.24. The molecule has 0 saturated heterocycles. The standard InChI is InChI=1S/C17H25NO4/c1-5-6-14(17(20)21)9-18-15(19)10-22-16-12(3)7-11(2)8-13(16)4/h7-8,14H,5-6,9-10H2,1-4H3,(H,18,19)(H,20,21). The Morgan fingerprint density at radius 2 is 1.82 bits per heavy atom. The number of nitrogens with one attached hydrogen (secondary N) is 1. The molecule has 1 amide bonds. The fourth-order valence-electron chi connectivity index (χ4n) is 2.48. The second kappa shape index (κ2) is 8.41. The third kappa shape index (κ3) is 5.39. The minimum atomic E-state index is -0.881. The average Bonchev–Trinajstić information content (AvgIpc) is 2.41. The Balaban J connectivity index is 2.51. The molecule has 0 radical (unpaired) electrons. The molecule has 22 heavy (non-hydrogen) atoms. The Kier molecular flexibility index (Phi) is 6.89. The number of hydrogen-bond donors (Lipinski definition) is 2. The van der Waals surface area contributed by atoms with Crippen molar-refractivity contribution in [1.29, 1.82) is 0 Å². The molecular formula is C17H25NO4. The van der Waals surface area contributed by atoms with Crippen molar-refractivity contribution in [3.05, 3.63) is 28.8 Å². The number of carbonyl (C=O) groups excluding carboxylic acids is 1. The number of carboxylic acid groups (broad SMARTS) is 1. The average molecular weight is 307 g/mol. The van der Waals surface area contributed by atoms with Crippen LogP contribution in [0.5, 0.6) is 5.75 Å². The Morgan fingerprint density at radius 3 is 2.32 bits per heavy atom. The fourth-order valence-corrected chi connectivity index (χ4v) is 2.48. The van der Waals surface area contributed by atoms with Gasteiger partial charge in [0, 0.05) is 6.54 Å². The van der Waals surface area contributed by atoms with Crippen LogP contribution in [0.1, 0.15) is 36.5 Å². The molecule has 0 aliphatic heterocycles. The first kappa shape index (κ1) is 18.0. The molecule has 0 aliphatic rings. The summed E-state index contributed by atoms with van der Waals surface area (Å²) in [6.45, 7) is 7.84. The number of rotatable bonds is 8. The van der Waals surface area contributed by atoms with Crippen molar-refractivity contribution in [1.82, 2.24) is 5.32 Å². The molecule has 0 aliphatic carbocycles. The Hall–Kier alpha value is -2.04. The largest absolute Gasteiger partial charge is 0.483 e. The number of hydrogen-bond acceptors (Lipinski definition) is 3.